The van der Waals surface area contributed by atoms with E-state index >= 15 is 0 Å². The normalized spacial score (nSPS) is 13.4. The van der Waals surface area contributed by atoms with Gasteiger partial charge in [-0.1, -0.05) is 50.6 Å². The minimum absolute atomic E-state index is 0.0468. The van der Waals surface area contributed by atoms with Crippen LogP contribution in [0.15, 0.2) is 30.3 Å². The molecule has 104 valence electrons. The van der Waals surface area contributed by atoms with Crippen LogP contribution in [-0.4, -0.2) is 18.4 Å². The molecule has 19 heavy (non-hydrogen) atoms. The molecule has 0 fully saturated rings. The van der Waals surface area contributed by atoms with Crippen LogP contribution in [0.4, 0.5) is 0 Å². The van der Waals surface area contributed by atoms with E-state index in [0.29, 0.717) is 13.0 Å². The van der Waals surface area contributed by atoms with Crippen molar-refractivity contribution < 1.29 is 14.4 Å². The Labute approximate surface area is 113 Å². The van der Waals surface area contributed by atoms with Gasteiger partial charge in [0.05, 0.1) is 6.61 Å². The Hall–Kier alpha value is -1.88. The molecule has 0 saturated carbocycles. The van der Waals surface area contributed by atoms with Gasteiger partial charge in [0.2, 0.25) is 6.41 Å². The van der Waals surface area contributed by atoms with E-state index in [4.69, 9.17) is 4.84 Å². The molecule has 2 amide bonds. The molecule has 0 aliphatic rings. The Morgan fingerprint density at radius 1 is 1.37 bits per heavy atom. The number of hydrogen-bond acceptors (Lipinski definition) is 3. The van der Waals surface area contributed by atoms with Crippen molar-refractivity contribution >= 4 is 12.3 Å². The SMILES string of the molecule is CC[C@H](C)C(NC=O)C(=O)NOCc1ccccc1. The molecule has 0 saturated heterocycles. The maximum Gasteiger partial charge on any atom is 0.266 e. The average molecular weight is 264 g/mol. The van der Waals surface area contributed by atoms with Gasteiger partial charge in [0, 0.05) is 0 Å². The van der Waals surface area contributed by atoms with E-state index in [9.17, 15) is 9.59 Å². The maximum atomic E-state index is 11.9. The standard InChI is InChI=1S/C14H20N2O3/c1-3-11(2)13(15-10-17)14(18)16-19-9-12-7-5-4-6-8-12/h4-8,10-11,13H,3,9H2,1-2H3,(H,15,17)(H,16,18)/t11-,13?/m0/s1. The number of benzene rings is 1. The maximum absolute atomic E-state index is 11.9. The Kier molecular flexibility index (Phi) is 6.60. The fourth-order valence-corrected chi connectivity index (χ4v) is 1.64. The molecule has 0 aromatic heterocycles. The van der Waals surface area contributed by atoms with Crippen molar-refractivity contribution in [2.45, 2.75) is 32.9 Å². The predicted molar refractivity (Wildman–Crippen MR) is 71.8 cm³/mol. The topological polar surface area (TPSA) is 67.4 Å². The summed E-state index contributed by atoms with van der Waals surface area (Å²) in [5.74, 6) is -0.289. The average Bonchev–Trinajstić information content (AvgIpc) is 2.45. The van der Waals surface area contributed by atoms with Crippen molar-refractivity contribution in [2.24, 2.45) is 5.92 Å². The van der Waals surface area contributed by atoms with Gasteiger partial charge in [-0.15, -0.1) is 0 Å². The molecule has 1 aromatic rings. The third kappa shape index (κ3) is 5.09. The highest BCUT2D eigenvalue weighted by Gasteiger charge is 2.23. The Morgan fingerprint density at radius 3 is 2.63 bits per heavy atom. The van der Waals surface area contributed by atoms with Crippen molar-refractivity contribution in [2.75, 3.05) is 0 Å². The smallest absolute Gasteiger partial charge is 0.266 e. The molecule has 2 atom stereocenters. The highest BCUT2D eigenvalue weighted by atomic mass is 16.6. The predicted octanol–water partition coefficient (Wildman–Crippen LogP) is 1.40. The first-order valence-corrected chi connectivity index (χ1v) is 6.34. The summed E-state index contributed by atoms with van der Waals surface area (Å²) in [6.07, 6.45) is 1.32. The first kappa shape index (κ1) is 15.2. The Bertz CT molecular complexity index is 395. The molecule has 1 aromatic carbocycles. The van der Waals surface area contributed by atoms with Crippen molar-refractivity contribution in [3.05, 3.63) is 35.9 Å². The molecular weight excluding hydrogens is 244 g/mol. The largest absolute Gasteiger partial charge is 0.347 e. The number of hydrogen-bond donors (Lipinski definition) is 2. The number of carbonyl (C=O) groups excluding carboxylic acids is 2. The minimum atomic E-state index is -0.571. The zero-order chi connectivity index (χ0) is 14.1. The first-order chi connectivity index (χ1) is 9.19. The van der Waals surface area contributed by atoms with Crippen LogP contribution in [0.25, 0.3) is 0 Å². The molecule has 5 heteroatoms. The summed E-state index contributed by atoms with van der Waals surface area (Å²) in [5.41, 5.74) is 3.34. The molecule has 0 aliphatic heterocycles. The van der Waals surface area contributed by atoms with E-state index in [1.807, 2.05) is 44.2 Å². The molecule has 0 aliphatic carbocycles. The summed E-state index contributed by atoms with van der Waals surface area (Å²) in [6.45, 7) is 4.15. The zero-order valence-electron chi connectivity index (χ0n) is 11.3. The van der Waals surface area contributed by atoms with Crippen LogP contribution >= 0.6 is 0 Å². The molecule has 0 spiro atoms. The quantitative estimate of drug-likeness (QED) is 0.551. The summed E-state index contributed by atoms with van der Waals surface area (Å²) < 4.78 is 0. The van der Waals surface area contributed by atoms with Crippen LogP contribution in [0.5, 0.6) is 0 Å². The lowest BCUT2D eigenvalue weighted by atomic mass is 9.99. The first-order valence-electron chi connectivity index (χ1n) is 6.34. The van der Waals surface area contributed by atoms with Crippen LogP contribution in [0.1, 0.15) is 25.8 Å². The van der Waals surface area contributed by atoms with Gasteiger partial charge < -0.3 is 5.32 Å². The van der Waals surface area contributed by atoms with Gasteiger partial charge in [-0.2, -0.15) is 0 Å². The monoisotopic (exact) mass is 264 g/mol. The Balaban J connectivity index is 2.42. The third-order valence-corrected chi connectivity index (χ3v) is 3.00. The number of rotatable bonds is 8. The van der Waals surface area contributed by atoms with Gasteiger partial charge in [-0.05, 0) is 11.5 Å². The van der Waals surface area contributed by atoms with Crippen molar-refractivity contribution in [1.82, 2.24) is 10.8 Å². The van der Waals surface area contributed by atoms with Crippen molar-refractivity contribution in [3.8, 4) is 0 Å². The van der Waals surface area contributed by atoms with Crippen LogP contribution in [0.3, 0.4) is 0 Å². The Morgan fingerprint density at radius 2 is 2.05 bits per heavy atom. The van der Waals surface area contributed by atoms with Crippen molar-refractivity contribution in [3.63, 3.8) is 0 Å². The van der Waals surface area contributed by atoms with E-state index in [-0.39, 0.29) is 11.8 Å². The number of nitrogens with one attached hydrogen (secondary N) is 2. The second-order valence-electron chi connectivity index (χ2n) is 4.39. The summed E-state index contributed by atoms with van der Waals surface area (Å²) in [6, 6.07) is 8.95. The van der Waals surface area contributed by atoms with Crippen LogP contribution < -0.4 is 10.8 Å². The number of amides is 2. The summed E-state index contributed by atoms with van der Waals surface area (Å²) >= 11 is 0. The molecule has 0 bridgehead atoms. The molecule has 1 unspecified atom stereocenters. The third-order valence-electron chi connectivity index (χ3n) is 3.00. The second-order valence-corrected chi connectivity index (χ2v) is 4.39. The van der Waals surface area contributed by atoms with E-state index in [1.54, 1.807) is 0 Å². The molecule has 0 heterocycles. The van der Waals surface area contributed by atoms with Gasteiger partial charge in [0.1, 0.15) is 6.04 Å². The van der Waals surface area contributed by atoms with Crippen LogP contribution in [-0.2, 0) is 21.0 Å². The van der Waals surface area contributed by atoms with Gasteiger partial charge in [0.15, 0.2) is 0 Å². The summed E-state index contributed by atoms with van der Waals surface area (Å²) in [5, 5.41) is 2.51. The highest BCUT2D eigenvalue weighted by Crippen LogP contribution is 2.07. The van der Waals surface area contributed by atoms with Crippen LogP contribution in [0.2, 0.25) is 0 Å². The summed E-state index contributed by atoms with van der Waals surface area (Å²) in [4.78, 5) is 27.5. The lowest BCUT2D eigenvalue weighted by molar-refractivity contribution is -0.139. The van der Waals surface area contributed by atoms with E-state index in [1.165, 1.54) is 0 Å². The molecule has 5 nitrogen and oxygen atoms in total. The van der Waals surface area contributed by atoms with E-state index in [2.05, 4.69) is 10.8 Å². The van der Waals surface area contributed by atoms with Crippen LogP contribution in [0, 0.1) is 5.92 Å². The molecule has 2 N–H and O–H groups in total. The zero-order valence-corrected chi connectivity index (χ0v) is 11.3. The minimum Gasteiger partial charge on any atom is -0.347 e. The highest BCUT2D eigenvalue weighted by molar-refractivity contribution is 5.82. The van der Waals surface area contributed by atoms with Gasteiger partial charge in [-0.25, -0.2) is 5.48 Å². The van der Waals surface area contributed by atoms with Gasteiger partial charge in [0.25, 0.3) is 5.91 Å². The second kappa shape index (κ2) is 8.26. The van der Waals surface area contributed by atoms with E-state index < -0.39 is 6.04 Å². The fourth-order valence-electron chi connectivity index (χ4n) is 1.64. The molecule has 1 rings (SSSR count). The lowest BCUT2D eigenvalue weighted by Gasteiger charge is -2.21. The van der Waals surface area contributed by atoms with E-state index in [0.717, 1.165) is 12.0 Å². The van der Waals surface area contributed by atoms with Gasteiger partial charge in [-0.3, -0.25) is 14.4 Å². The molecule has 0 radical (unpaired) electrons. The molecular formula is C14H20N2O3. The number of carbonyl (C=O) groups is 2. The van der Waals surface area contributed by atoms with Gasteiger partial charge >= 0.3 is 0 Å². The lowest BCUT2D eigenvalue weighted by Crippen LogP contribution is -2.47. The van der Waals surface area contributed by atoms with Crippen molar-refractivity contribution in [1.29, 1.82) is 0 Å². The fraction of sp³-hybridized carbons (Fsp3) is 0.429. The summed E-state index contributed by atoms with van der Waals surface area (Å²) in [7, 11) is 0. The number of hydroxylamine groups is 1.